The zero-order valence-electron chi connectivity index (χ0n) is 11.4. The number of nitrogens with zero attached hydrogens (tertiary/aromatic N) is 2. The maximum atomic E-state index is 2.78. The summed E-state index contributed by atoms with van der Waals surface area (Å²) in [5, 5.41) is 0. The molecule has 0 radical (unpaired) electrons. The number of piperidine rings is 1. The number of hydrogen-bond donors (Lipinski definition) is 0. The molecule has 0 bridgehead atoms. The Kier molecular flexibility index (Phi) is 3.72. The summed E-state index contributed by atoms with van der Waals surface area (Å²) >= 11 is 0. The Morgan fingerprint density at radius 2 is 1.82 bits per heavy atom. The van der Waals surface area contributed by atoms with Gasteiger partial charge in [0.1, 0.15) is 0 Å². The van der Waals surface area contributed by atoms with Crippen molar-refractivity contribution in [1.29, 1.82) is 0 Å². The van der Waals surface area contributed by atoms with Gasteiger partial charge in [-0.1, -0.05) is 13.3 Å². The fraction of sp³-hybridized carbons (Fsp3) is 1.00. The second-order valence-electron chi connectivity index (χ2n) is 6.61. The van der Waals surface area contributed by atoms with Crippen molar-refractivity contribution < 1.29 is 0 Å². The van der Waals surface area contributed by atoms with Crippen LogP contribution in [0, 0.1) is 11.8 Å². The molecular weight excluding hydrogens is 208 g/mol. The highest BCUT2D eigenvalue weighted by molar-refractivity contribution is 4.86. The van der Waals surface area contributed by atoms with Gasteiger partial charge in [-0.3, -0.25) is 4.90 Å². The Balaban J connectivity index is 1.54. The van der Waals surface area contributed by atoms with Crippen LogP contribution in [0.2, 0.25) is 0 Å². The van der Waals surface area contributed by atoms with Crippen LogP contribution >= 0.6 is 0 Å². The summed E-state index contributed by atoms with van der Waals surface area (Å²) in [6.45, 7) is 9.28. The van der Waals surface area contributed by atoms with Crippen molar-refractivity contribution in [3.8, 4) is 0 Å². The molecule has 3 fully saturated rings. The predicted octanol–water partition coefficient (Wildman–Crippen LogP) is 2.59. The van der Waals surface area contributed by atoms with Crippen LogP contribution in [0.3, 0.4) is 0 Å². The fourth-order valence-electron chi connectivity index (χ4n) is 3.84. The number of hydrogen-bond acceptors (Lipinski definition) is 2. The summed E-state index contributed by atoms with van der Waals surface area (Å²) in [5.41, 5.74) is 0. The topological polar surface area (TPSA) is 6.48 Å². The zero-order valence-corrected chi connectivity index (χ0v) is 11.4. The van der Waals surface area contributed by atoms with Crippen molar-refractivity contribution in [1.82, 2.24) is 9.80 Å². The largest absolute Gasteiger partial charge is 0.301 e. The van der Waals surface area contributed by atoms with E-state index < -0.39 is 0 Å². The average Bonchev–Trinajstić information content (AvgIpc) is 3.15. The maximum absolute atomic E-state index is 2.78. The van der Waals surface area contributed by atoms with E-state index in [-0.39, 0.29) is 0 Å². The molecule has 0 aromatic heterocycles. The monoisotopic (exact) mass is 236 g/mol. The Labute approximate surface area is 106 Å². The molecule has 0 aromatic carbocycles. The minimum Gasteiger partial charge on any atom is -0.301 e. The first-order valence-corrected chi connectivity index (χ1v) is 7.79. The molecule has 2 saturated heterocycles. The highest BCUT2D eigenvalue weighted by Crippen LogP contribution is 2.37. The van der Waals surface area contributed by atoms with E-state index in [9.17, 15) is 0 Å². The van der Waals surface area contributed by atoms with Crippen LogP contribution in [0.25, 0.3) is 0 Å². The summed E-state index contributed by atoms with van der Waals surface area (Å²) in [5.74, 6) is 2.02. The van der Waals surface area contributed by atoms with Crippen molar-refractivity contribution in [2.24, 2.45) is 11.8 Å². The third-order valence-corrected chi connectivity index (χ3v) is 5.11. The third kappa shape index (κ3) is 3.03. The van der Waals surface area contributed by atoms with Gasteiger partial charge in [-0.2, -0.15) is 0 Å². The Bertz CT molecular complexity index is 249. The Hall–Kier alpha value is -0.0800. The molecule has 0 N–H and O–H groups in total. The van der Waals surface area contributed by atoms with E-state index in [0.29, 0.717) is 0 Å². The molecule has 98 valence electrons. The Morgan fingerprint density at radius 3 is 2.65 bits per heavy atom. The lowest BCUT2D eigenvalue weighted by Crippen LogP contribution is -2.44. The van der Waals surface area contributed by atoms with Crippen LogP contribution in [0.4, 0.5) is 0 Å². The quantitative estimate of drug-likeness (QED) is 0.743. The van der Waals surface area contributed by atoms with Gasteiger partial charge >= 0.3 is 0 Å². The van der Waals surface area contributed by atoms with Crippen LogP contribution < -0.4 is 0 Å². The van der Waals surface area contributed by atoms with Crippen molar-refractivity contribution in [2.75, 3.05) is 32.7 Å². The number of fused-ring (bicyclic) bond motifs is 1. The lowest BCUT2D eigenvalue weighted by molar-refractivity contribution is 0.130. The van der Waals surface area contributed by atoms with E-state index in [1.54, 1.807) is 0 Å². The van der Waals surface area contributed by atoms with Crippen LogP contribution in [0.5, 0.6) is 0 Å². The lowest BCUT2D eigenvalue weighted by atomic mass is 10.0. The molecule has 1 aliphatic carbocycles. The SMILES string of the molecule is CC(CN1CCCN2CCCCC2C1)C1CC1. The smallest absolute Gasteiger partial charge is 0.0223 e. The van der Waals surface area contributed by atoms with E-state index in [4.69, 9.17) is 0 Å². The fourth-order valence-corrected chi connectivity index (χ4v) is 3.84. The van der Waals surface area contributed by atoms with E-state index in [0.717, 1.165) is 17.9 Å². The van der Waals surface area contributed by atoms with Crippen LogP contribution in [-0.4, -0.2) is 48.6 Å². The molecule has 2 aliphatic heterocycles. The molecule has 3 rings (SSSR count). The summed E-state index contributed by atoms with van der Waals surface area (Å²) in [4.78, 5) is 5.55. The van der Waals surface area contributed by atoms with Crippen molar-refractivity contribution in [2.45, 2.75) is 51.5 Å². The van der Waals surface area contributed by atoms with Crippen molar-refractivity contribution in [3.05, 3.63) is 0 Å². The van der Waals surface area contributed by atoms with Gasteiger partial charge in [-0.15, -0.1) is 0 Å². The minimum absolute atomic E-state index is 0.887. The molecule has 0 aromatic rings. The molecule has 0 amide bonds. The first-order valence-electron chi connectivity index (χ1n) is 7.79. The molecule has 2 heteroatoms. The van der Waals surface area contributed by atoms with Gasteiger partial charge in [0.05, 0.1) is 0 Å². The molecule has 17 heavy (non-hydrogen) atoms. The van der Waals surface area contributed by atoms with Gasteiger partial charge in [-0.05, 0) is 63.6 Å². The van der Waals surface area contributed by atoms with E-state index in [1.165, 1.54) is 71.2 Å². The highest BCUT2D eigenvalue weighted by Gasteiger charge is 2.31. The van der Waals surface area contributed by atoms with Crippen molar-refractivity contribution in [3.63, 3.8) is 0 Å². The third-order valence-electron chi connectivity index (χ3n) is 5.11. The highest BCUT2D eigenvalue weighted by atomic mass is 15.2. The van der Waals surface area contributed by atoms with Gasteiger partial charge in [0.15, 0.2) is 0 Å². The first kappa shape index (κ1) is 12.0. The zero-order chi connectivity index (χ0) is 11.7. The number of rotatable bonds is 3. The standard InChI is InChI=1S/C15H28N2/c1-13(14-6-7-14)11-16-8-4-10-17-9-3-2-5-15(17)12-16/h13-15H,2-12H2,1H3. The van der Waals surface area contributed by atoms with Gasteiger partial charge < -0.3 is 4.90 Å². The Morgan fingerprint density at radius 1 is 1.00 bits per heavy atom. The summed E-state index contributed by atoms with van der Waals surface area (Å²) in [6, 6.07) is 0.887. The molecule has 2 nitrogen and oxygen atoms in total. The molecular formula is C15H28N2. The van der Waals surface area contributed by atoms with Crippen LogP contribution in [0.15, 0.2) is 0 Å². The molecule has 3 aliphatic rings. The average molecular weight is 236 g/mol. The summed E-state index contributed by atoms with van der Waals surface area (Å²) in [7, 11) is 0. The van der Waals surface area contributed by atoms with Crippen LogP contribution in [0.1, 0.15) is 45.4 Å². The lowest BCUT2D eigenvalue weighted by Gasteiger charge is -2.36. The normalized spacial score (nSPS) is 34.1. The van der Waals surface area contributed by atoms with Crippen LogP contribution in [-0.2, 0) is 0 Å². The molecule has 2 unspecified atom stereocenters. The van der Waals surface area contributed by atoms with Gasteiger partial charge in [0, 0.05) is 19.1 Å². The van der Waals surface area contributed by atoms with Crippen molar-refractivity contribution >= 4 is 0 Å². The van der Waals surface area contributed by atoms with E-state index >= 15 is 0 Å². The molecule has 2 atom stereocenters. The summed E-state index contributed by atoms with van der Waals surface area (Å²) < 4.78 is 0. The van der Waals surface area contributed by atoms with E-state index in [1.807, 2.05) is 0 Å². The van der Waals surface area contributed by atoms with Gasteiger partial charge in [-0.25, -0.2) is 0 Å². The predicted molar refractivity (Wildman–Crippen MR) is 72.2 cm³/mol. The second kappa shape index (κ2) is 5.27. The first-order chi connectivity index (χ1) is 8.33. The maximum Gasteiger partial charge on any atom is 0.0223 e. The summed E-state index contributed by atoms with van der Waals surface area (Å²) in [6.07, 6.45) is 8.76. The molecule has 2 heterocycles. The van der Waals surface area contributed by atoms with Gasteiger partial charge in [0.2, 0.25) is 0 Å². The van der Waals surface area contributed by atoms with Gasteiger partial charge in [0.25, 0.3) is 0 Å². The molecule has 1 saturated carbocycles. The molecule has 0 spiro atoms. The minimum atomic E-state index is 0.887. The van der Waals surface area contributed by atoms with E-state index in [2.05, 4.69) is 16.7 Å². The second-order valence-corrected chi connectivity index (χ2v) is 6.61.